The van der Waals surface area contributed by atoms with E-state index in [9.17, 15) is 13.5 Å². The first-order valence-electron chi connectivity index (χ1n) is 6.93. The lowest BCUT2D eigenvalue weighted by atomic mass is 10.0. The van der Waals surface area contributed by atoms with Crippen molar-refractivity contribution in [1.82, 2.24) is 0 Å². The van der Waals surface area contributed by atoms with Crippen LogP contribution in [0.25, 0.3) is 0 Å². The highest BCUT2D eigenvalue weighted by Gasteiger charge is 2.46. The molecule has 3 rings (SSSR count). The van der Waals surface area contributed by atoms with E-state index in [4.69, 9.17) is 0 Å². The number of hydrogen-bond donors (Lipinski definition) is 0. The minimum Gasteiger partial charge on any atom is -0.858 e. The van der Waals surface area contributed by atoms with Crippen molar-refractivity contribution < 1.29 is 13.5 Å². The van der Waals surface area contributed by atoms with E-state index < -0.39 is 21.2 Å². The van der Waals surface area contributed by atoms with Crippen molar-refractivity contribution >= 4 is 83.7 Å². The van der Waals surface area contributed by atoms with E-state index >= 15 is 0 Å². The van der Waals surface area contributed by atoms with Crippen molar-refractivity contribution in [2.45, 2.75) is 30.9 Å². The second-order valence-electron chi connectivity index (χ2n) is 5.87. The van der Waals surface area contributed by atoms with Gasteiger partial charge in [0.2, 0.25) is 0 Å². The Morgan fingerprint density at radius 3 is 2.50 bits per heavy atom. The second kappa shape index (κ2) is 6.62. The maximum Gasteiger partial charge on any atom is 0.255 e. The van der Waals surface area contributed by atoms with Crippen LogP contribution in [-0.2, 0) is 10.0 Å². The Labute approximate surface area is 171 Å². The van der Waals surface area contributed by atoms with Crippen LogP contribution in [0.2, 0.25) is 0 Å². The molecule has 2 bridgehead atoms. The molecule has 0 aliphatic heterocycles. The number of sulfonamides is 1. The van der Waals surface area contributed by atoms with Crippen molar-refractivity contribution in [3.05, 3.63) is 28.4 Å². The van der Waals surface area contributed by atoms with E-state index in [0.717, 1.165) is 30.0 Å². The number of benzene rings is 1. The van der Waals surface area contributed by atoms with Gasteiger partial charge in [-0.2, -0.15) is 4.40 Å². The lowest BCUT2D eigenvalue weighted by molar-refractivity contribution is -0.212. The topological polar surface area (TPSA) is 69.6 Å². The Balaban J connectivity index is 1.94. The van der Waals surface area contributed by atoms with E-state index in [-0.39, 0.29) is 5.92 Å². The number of hydrogen-bond acceptors (Lipinski definition) is 3. The van der Waals surface area contributed by atoms with Gasteiger partial charge in [-0.1, -0.05) is 6.42 Å². The lowest BCUT2D eigenvalue weighted by Gasteiger charge is -2.21. The predicted octanol–water partition coefficient (Wildman–Crippen LogP) is 3.13. The van der Waals surface area contributed by atoms with E-state index in [1.165, 1.54) is 0 Å². The summed E-state index contributed by atoms with van der Waals surface area (Å²) in [5, 5.41) is 11.9. The average Bonchev–Trinajstić information content (AvgIpc) is 3.05. The van der Waals surface area contributed by atoms with Crippen LogP contribution in [-0.4, -0.2) is 19.6 Å². The molecule has 2 aliphatic carbocycles. The summed E-state index contributed by atoms with van der Waals surface area (Å²) >= 11 is 6.33. The summed E-state index contributed by atoms with van der Waals surface area (Å²) in [6.45, 7) is 0. The van der Waals surface area contributed by atoms with Gasteiger partial charge in [0, 0.05) is 22.2 Å². The van der Waals surface area contributed by atoms with E-state index in [1.54, 1.807) is 6.07 Å². The summed E-state index contributed by atoms with van der Waals surface area (Å²) in [7, 11) is -3.71. The Kier molecular flexibility index (Phi) is 5.31. The molecule has 0 saturated heterocycles. The van der Waals surface area contributed by atoms with E-state index in [1.807, 2.05) is 6.07 Å². The number of halogens is 3. The normalized spacial score (nSPS) is 28.3. The summed E-state index contributed by atoms with van der Waals surface area (Å²) in [6, 6.07) is 3.65. The monoisotopic (exact) mass is 656 g/mol. The quantitative estimate of drug-likeness (QED) is 0.218. The van der Waals surface area contributed by atoms with E-state index in [2.05, 4.69) is 72.2 Å². The van der Waals surface area contributed by atoms with Gasteiger partial charge in [-0.15, -0.1) is 0 Å². The van der Waals surface area contributed by atoms with Gasteiger partial charge in [-0.05, 0) is 111 Å². The average molecular weight is 656 g/mol. The number of rotatable bonds is 3. The molecule has 0 aromatic heterocycles. The third kappa shape index (κ3) is 3.44. The van der Waals surface area contributed by atoms with Crippen molar-refractivity contribution in [3.8, 4) is 0 Å². The van der Waals surface area contributed by atoms with Crippen LogP contribution >= 0.6 is 67.8 Å². The fourth-order valence-electron chi connectivity index (χ4n) is 3.50. The zero-order valence-electron chi connectivity index (χ0n) is 11.4. The van der Waals surface area contributed by atoms with Crippen LogP contribution in [0.1, 0.15) is 31.2 Å². The van der Waals surface area contributed by atoms with Gasteiger partial charge in [0.05, 0.1) is 5.25 Å². The van der Waals surface area contributed by atoms with Gasteiger partial charge < -0.3 is 5.11 Å². The van der Waals surface area contributed by atoms with Crippen LogP contribution in [0, 0.1) is 22.5 Å². The molecule has 2 aliphatic rings. The fourth-order valence-corrected chi connectivity index (χ4v) is 7.60. The summed E-state index contributed by atoms with van der Waals surface area (Å²) in [6.07, 6.45) is 3.73. The molecule has 0 N–H and O–H groups in total. The predicted molar refractivity (Wildman–Crippen MR) is 109 cm³/mol. The number of fused-ring (bicyclic) bond motifs is 2. The molecular weight excluding hydrogens is 643 g/mol. The first-order chi connectivity index (χ1) is 10.3. The minimum atomic E-state index is -3.71. The molecule has 2 fully saturated rings. The van der Waals surface area contributed by atoms with E-state index in [0.29, 0.717) is 17.9 Å². The van der Waals surface area contributed by atoms with Gasteiger partial charge in [0.1, 0.15) is 0 Å². The first kappa shape index (κ1) is 17.6. The molecule has 22 heavy (non-hydrogen) atoms. The molecule has 8 heteroatoms. The molecule has 1 aromatic rings. The SMILES string of the molecule is O=S(=O)(/N=C(\[O-])c1cc(I)cc(I)c1I)C1CC2CCC1C2. The summed E-state index contributed by atoms with van der Waals surface area (Å²) in [5.41, 5.74) is 0.378. The third-order valence-electron chi connectivity index (χ3n) is 4.49. The third-order valence-corrected chi connectivity index (χ3v) is 9.92. The largest absolute Gasteiger partial charge is 0.858 e. The molecular formula is C14H13I3NO3S-. The zero-order valence-corrected chi connectivity index (χ0v) is 18.7. The Morgan fingerprint density at radius 2 is 1.91 bits per heavy atom. The highest BCUT2D eigenvalue weighted by molar-refractivity contribution is 14.1. The van der Waals surface area contributed by atoms with Crippen LogP contribution < -0.4 is 5.11 Å². The van der Waals surface area contributed by atoms with Gasteiger partial charge in [0.15, 0.2) is 0 Å². The molecule has 1 aromatic carbocycles. The van der Waals surface area contributed by atoms with Crippen molar-refractivity contribution in [1.29, 1.82) is 0 Å². The van der Waals surface area contributed by atoms with Crippen molar-refractivity contribution in [2.24, 2.45) is 16.2 Å². The van der Waals surface area contributed by atoms with Crippen LogP contribution in [0.15, 0.2) is 16.5 Å². The Bertz CT molecular complexity index is 748. The molecule has 0 amide bonds. The van der Waals surface area contributed by atoms with Gasteiger partial charge >= 0.3 is 0 Å². The van der Waals surface area contributed by atoms with Gasteiger partial charge in [-0.25, -0.2) is 8.42 Å². The van der Waals surface area contributed by atoms with Crippen molar-refractivity contribution in [2.75, 3.05) is 0 Å². The van der Waals surface area contributed by atoms with Crippen molar-refractivity contribution in [3.63, 3.8) is 0 Å². The minimum absolute atomic E-state index is 0.196. The smallest absolute Gasteiger partial charge is 0.255 e. The highest BCUT2D eigenvalue weighted by Crippen LogP contribution is 2.47. The summed E-state index contributed by atoms with van der Waals surface area (Å²) < 4.78 is 31.2. The molecule has 0 spiro atoms. The fraction of sp³-hybridized carbons (Fsp3) is 0.500. The maximum absolute atomic E-state index is 12.5. The van der Waals surface area contributed by atoms with Crippen LogP contribution in [0.5, 0.6) is 0 Å². The standard InChI is InChI=1S/C14H14I3NO3S/c15-9-5-10(13(17)11(16)6-9)14(19)18-22(20,21)12-4-7-1-2-8(12)3-7/h5-8,12H,1-4H2,(H,18,19)/p-1. The summed E-state index contributed by atoms with van der Waals surface area (Å²) in [4.78, 5) is 0. The molecule has 120 valence electrons. The molecule has 3 unspecified atom stereocenters. The Hall–Kier alpha value is 0.830. The molecule has 0 heterocycles. The first-order valence-corrected chi connectivity index (χ1v) is 11.7. The number of nitrogens with zero attached hydrogens (tertiary/aromatic N) is 1. The van der Waals surface area contributed by atoms with Gasteiger partial charge in [0.25, 0.3) is 10.0 Å². The molecule has 3 atom stereocenters. The zero-order chi connectivity index (χ0) is 16.1. The molecule has 2 saturated carbocycles. The van der Waals surface area contributed by atoms with Crippen LogP contribution in [0.4, 0.5) is 0 Å². The second-order valence-corrected chi connectivity index (χ2v) is 11.2. The lowest BCUT2D eigenvalue weighted by Crippen LogP contribution is -2.30. The maximum atomic E-state index is 12.5. The van der Waals surface area contributed by atoms with Gasteiger partial charge in [-0.3, -0.25) is 0 Å². The van der Waals surface area contributed by atoms with Crippen LogP contribution in [0.3, 0.4) is 0 Å². The Morgan fingerprint density at radius 1 is 1.18 bits per heavy atom. The molecule has 0 radical (unpaired) electrons. The molecule has 4 nitrogen and oxygen atoms in total. The highest BCUT2D eigenvalue weighted by atomic mass is 127. The summed E-state index contributed by atoms with van der Waals surface area (Å²) in [5.74, 6) is 0.0686.